The first-order valence-electron chi connectivity index (χ1n) is 1.14. The molecule has 0 rings (SSSR count). The Balaban J connectivity index is 0. The fourth-order valence-corrected chi connectivity index (χ4v) is 0. The standard InChI is InChI=1S/C4H4.Fe.O/c1-3-4-2;;/h1-4H;;/q-2;;. The van der Waals surface area contributed by atoms with Crippen LogP contribution in [0.3, 0.4) is 0 Å². The molecule has 0 radical (unpaired) electrons. The molecule has 0 aliphatic rings. The van der Waals surface area contributed by atoms with Crippen LogP contribution in [-0.2, 0) is 19.8 Å². The van der Waals surface area contributed by atoms with Crippen molar-refractivity contribution in [1.29, 1.82) is 0 Å². The maximum absolute atomic E-state index is 8.00. The molecular formula is C4H4FeO-2. The molecule has 0 fully saturated rings. The molecule has 0 aliphatic heterocycles. The Labute approximate surface area is 45.8 Å². The Morgan fingerprint density at radius 1 is 1.17 bits per heavy atom. The SMILES string of the molecule is [CH-]=CC=[CH-].[O]=[Fe]. The zero-order valence-corrected chi connectivity index (χ0v) is 4.18. The molecule has 0 aliphatic carbocycles. The Kier molecular flexibility index (Phi) is 33.0. The van der Waals surface area contributed by atoms with Crippen LogP contribution in [-0.4, -0.2) is 0 Å². The average molecular weight is 124 g/mol. The van der Waals surface area contributed by atoms with E-state index in [4.69, 9.17) is 17.0 Å². The van der Waals surface area contributed by atoms with Crippen LogP contribution in [0.2, 0.25) is 0 Å². The zero-order chi connectivity index (χ0) is 5.41. The van der Waals surface area contributed by atoms with Crippen molar-refractivity contribution in [2.24, 2.45) is 0 Å². The van der Waals surface area contributed by atoms with E-state index in [1.54, 1.807) is 0 Å². The molecule has 0 aromatic rings. The monoisotopic (exact) mass is 124 g/mol. The second kappa shape index (κ2) is 21.4. The summed E-state index contributed by atoms with van der Waals surface area (Å²) in [4.78, 5) is 0. The molecule has 0 atom stereocenters. The van der Waals surface area contributed by atoms with Crippen LogP contribution in [0, 0.1) is 13.2 Å². The average Bonchev–Trinajstić information content (AvgIpc) is 1.72. The summed E-state index contributed by atoms with van der Waals surface area (Å²) in [6.07, 6.45) is 2.56. The van der Waals surface area contributed by atoms with Crippen molar-refractivity contribution in [3.63, 3.8) is 0 Å². The molecule has 0 N–H and O–H groups in total. The summed E-state index contributed by atoms with van der Waals surface area (Å²) in [6, 6.07) is 0. The first kappa shape index (κ1) is 9.25. The second-order valence-corrected chi connectivity index (χ2v) is 0.385. The van der Waals surface area contributed by atoms with Crippen LogP contribution in [0.4, 0.5) is 0 Å². The van der Waals surface area contributed by atoms with E-state index in [-0.39, 0.29) is 0 Å². The van der Waals surface area contributed by atoms with Gasteiger partial charge in [0, 0.05) is 0 Å². The predicted octanol–water partition coefficient (Wildman–Crippen LogP) is 0.843. The van der Waals surface area contributed by atoms with Crippen LogP contribution in [0.1, 0.15) is 0 Å². The number of allylic oxidation sites excluding steroid dienone is 2. The molecule has 6 heavy (non-hydrogen) atoms. The molecule has 0 aromatic heterocycles. The van der Waals surface area contributed by atoms with Crippen molar-refractivity contribution < 1.29 is 19.8 Å². The van der Waals surface area contributed by atoms with E-state index in [0.29, 0.717) is 0 Å². The van der Waals surface area contributed by atoms with Crippen molar-refractivity contribution in [1.82, 2.24) is 0 Å². The van der Waals surface area contributed by atoms with Gasteiger partial charge in [0.15, 0.2) is 0 Å². The van der Waals surface area contributed by atoms with Gasteiger partial charge < -0.3 is 25.3 Å². The molecule has 1 nitrogen and oxygen atoms in total. The molecule has 2 heteroatoms. The third-order valence-electron chi connectivity index (χ3n) is 0.111. The molecule has 0 bridgehead atoms. The third-order valence-corrected chi connectivity index (χ3v) is 0.111. The van der Waals surface area contributed by atoms with Gasteiger partial charge in [-0.3, -0.25) is 0 Å². The van der Waals surface area contributed by atoms with Gasteiger partial charge in [0.05, 0.1) is 0 Å². The summed E-state index contributed by atoms with van der Waals surface area (Å²) in [6.45, 7) is 9.44. The van der Waals surface area contributed by atoms with Crippen molar-refractivity contribution in [3.05, 3.63) is 25.3 Å². The summed E-state index contributed by atoms with van der Waals surface area (Å²) in [5, 5.41) is 0. The first-order chi connectivity index (χ1) is 2.91. The van der Waals surface area contributed by atoms with Gasteiger partial charge >= 0.3 is 19.8 Å². The molecule has 0 saturated heterocycles. The Bertz CT molecular complexity index is 36.8. The molecule has 36 valence electrons. The van der Waals surface area contributed by atoms with Gasteiger partial charge in [0.2, 0.25) is 0 Å². The zero-order valence-electron chi connectivity index (χ0n) is 3.07. The summed E-state index contributed by atoms with van der Waals surface area (Å²) >= 11 is 2.00. The molecule has 0 saturated carbocycles. The van der Waals surface area contributed by atoms with E-state index in [0.717, 1.165) is 0 Å². The molecule has 0 unspecified atom stereocenters. The predicted molar refractivity (Wildman–Crippen MR) is 18.4 cm³/mol. The van der Waals surface area contributed by atoms with Crippen molar-refractivity contribution in [2.75, 3.05) is 0 Å². The minimum absolute atomic E-state index is 1.28. The van der Waals surface area contributed by atoms with Gasteiger partial charge in [-0.05, 0) is 0 Å². The van der Waals surface area contributed by atoms with Crippen LogP contribution in [0.25, 0.3) is 0 Å². The maximum atomic E-state index is 8.00. The van der Waals surface area contributed by atoms with E-state index in [1.807, 2.05) is 15.9 Å². The summed E-state index contributed by atoms with van der Waals surface area (Å²) in [7, 11) is 0. The van der Waals surface area contributed by atoms with Gasteiger partial charge in [-0.15, -0.1) is 0 Å². The Morgan fingerprint density at radius 2 is 1.33 bits per heavy atom. The molecule has 0 amide bonds. The third kappa shape index (κ3) is 46.6. The Hall–Kier alpha value is -0.201. The van der Waals surface area contributed by atoms with Crippen LogP contribution >= 0.6 is 0 Å². The molecule has 0 heterocycles. The van der Waals surface area contributed by atoms with Gasteiger partial charge in [-0.2, -0.15) is 0 Å². The van der Waals surface area contributed by atoms with E-state index >= 15 is 0 Å². The van der Waals surface area contributed by atoms with Crippen LogP contribution in [0.5, 0.6) is 0 Å². The van der Waals surface area contributed by atoms with Gasteiger partial charge in [-0.1, -0.05) is 0 Å². The van der Waals surface area contributed by atoms with E-state index in [2.05, 4.69) is 0 Å². The topological polar surface area (TPSA) is 17.1 Å². The fourth-order valence-electron chi connectivity index (χ4n) is 0. The number of hydrogen-bond acceptors (Lipinski definition) is 1. The van der Waals surface area contributed by atoms with Crippen molar-refractivity contribution in [2.45, 2.75) is 0 Å². The fraction of sp³-hybridized carbons (Fsp3) is 0. The van der Waals surface area contributed by atoms with Crippen molar-refractivity contribution >= 4 is 0 Å². The quantitative estimate of drug-likeness (QED) is 0.287. The minimum atomic E-state index is 1.28. The van der Waals surface area contributed by atoms with E-state index in [9.17, 15) is 0 Å². The molecule has 0 aromatic carbocycles. The Morgan fingerprint density at radius 3 is 1.33 bits per heavy atom. The van der Waals surface area contributed by atoms with Gasteiger partial charge in [-0.25, -0.2) is 0 Å². The summed E-state index contributed by atoms with van der Waals surface area (Å²) in [5.41, 5.74) is 0. The summed E-state index contributed by atoms with van der Waals surface area (Å²) in [5.74, 6) is 0. The first-order valence-corrected chi connectivity index (χ1v) is 1.60. The van der Waals surface area contributed by atoms with Gasteiger partial charge in [0.25, 0.3) is 0 Å². The van der Waals surface area contributed by atoms with Crippen molar-refractivity contribution in [3.8, 4) is 0 Å². The number of rotatable bonds is 1. The van der Waals surface area contributed by atoms with Crippen LogP contribution in [0.15, 0.2) is 12.2 Å². The van der Waals surface area contributed by atoms with Crippen LogP contribution < -0.4 is 0 Å². The van der Waals surface area contributed by atoms with Gasteiger partial charge in [0.1, 0.15) is 0 Å². The van der Waals surface area contributed by atoms with E-state index in [1.165, 1.54) is 12.2 Å². The normalized spacial score (nSPS) is 4.17. The molecular weight excluding hydrogens is 120 g/mol. The summed E-state index contributed by atoms with van der Waals surface area (Å²) < 4.78 is 8.00. The number of hydrogen-bond donors (Lipinski definition) is 0. The molecule has 0 spiro atoms. The van der Waals surface area contributed by atoms with E-state index < -0.39 is 0 Å². The second-order valence-electron chi connectivity index (χ2n) is 0.385.